The van der Waals surface area contributed by atoms with E-state index in [0.717, 1.165) is 25.0 Å². The molecule has 0 amide bonds. The molecule has 0 heterocycles. The van der Waals surface area contributed by atoms with E-state index >= 15 is 0 Å². The number of unbranched alkanes of at least 4 members (excludes halogenated alkanes) is 2. The molecule has 0 saturated heterocycles. The van der Waals surface area contributed by atoms with Crippen molar-refractivity contribution in [2.24, 2.45) is 0 Å². The molecule has 0 aromatic carbocycles. The summed E-state index contributed by atoms with van der Waals surface area (Å²) in [6, 6.07) is 0. The molecule has 0 fully saturated rings. The summed E-state index contributed by atoms with van der Waals surface area (Å²) in [4.78, 5) is 10.7. The summed E-state index contributed by atoms with van der Waals surface area (Å²) in [5.74, 6) is 1.21. The molecule has 0 aromatic rings. The number of carbonyl (C=O) groups excluding carboxylic acids is 1. The smallest absolute Gasteiger partial charge is 0.315 e. The zero-order valence-corrected chi connectivity index (χ0v) is 9.74. The van der Waals surface area contributed by atoms with Gasteiger partial charge >= 0.3 is 5.97 Å². The average Bonchev–Trinajstić information content (AvgIpc) is 2.15. The van der Waals surface area contributed by atoms with Gasteiger partial charge in [0.15, 0.2) is 0 Å². The van der Waals surface area contributed by atoms with Gasteiger partial charge in [0.1, 0.15) is 0 Å². The molecule has 14 heavy (non-hydrogen) atoms. The highest BCUT2D eigenvalue weighted by atomic mass is 32.2. The fourth-order valence-corrected chi connectivity index (χ4v) is 1.86. The molecule has 1 unspecified atom stereocenters. The Hall–Kier alpha value is -0.250. The Kier molecular flexibility index (Phi) is 9.14. The van der Waals surface area contributed by atoms with Crippen LogP contribution in [0.1, 0.15) is 32.6 Å². The first kappa shape index (κ1) is 13.8. The fourth-order valence-electron chi connectivity index (χ4n) is 1.02. The van der Waals surface area contributed by atoms with Crippen molar-refractivity contribution in [2.45, 2.75) is 38.8 Å². The van der Waals surface area contributed by atoms with Crippen molar-refractivity contribution in [3.63, 3.8) is 0 Å². The van der Waals surface area contributed by atoms with Crippen molar-refractivity contribution < 1.29 is 13.9 Å². The van der Waals surface area contributed by atoms with Gasteiger partial charge in [0.2, 0.25) is 0 Å². The first-order valence-electron chi connectivity index (χ1n) is 4.95. The summed E-state index contributed by atoms with van der Waals surface area (Å²) in [6.07, 6.45) is 3.01. The maximum atomic E-state index is 12.4. The van der Waals surface area contributed by atoms with Crippen LogP contribution < -0.4 is 0 Å². The van der Waals surface area contributed by atoms with E-state index in [4.69, 9.17) is 0 Å². The minimum absolute atomic E-state index is 0.174. The lowest BCUT2D eigenvalue weighted by Gasteiger charge is -2.02. The number of methoxy groups -OCH3 is 1. The molecule has 1 atom stereocenters. The number of carbonyl (C=O) groups is 1. The summed E-state index contributed by atoms with van der Waals surface area (Å²) < 4.78 is 16.9. The number of alkyl halides is 1. The lowest BCUT2D eigenvalue weighted by atomic mass is 10.1. The van der Waals surface area contributed by atoms with Crippen molar-refractivity contribution in [3.8, 4) is 0 Å². The van der Waals surface area contributed by atoms with Gasteiger partial charge < -0.3 is 4.74 Å². The van der Waals surface area contributed by atoms with Crippen LogP contribution in [0.4, 0.5) is 4.39 Å². The highest BCUT2D eigenvalue weighted by molar-refractivity contribution is 7.99. The highest BCUT2D eigenvalue weighted by Crippen LogP contribution is 2.10. The van der Waals surface area contributed by atoms with Gasteiger partial charge in [-0.15, -0.1) is 0 Å². The predicted molar refractivity (Wildman–Crippen MR) is 58.4 cm³/mol. The van der Waals surface area contributed by atoms with E-state index in [1.807, 2.05) is 0 Å². The molecule has 0 rings (SSSR count). The first-order valence-corrected chi connectivity index (χ1v) is 6.11. The van der Waals surface area contributed by atoms with Crippen molar-refractivity contribution >= 4 is 17.7 Å². The van der Waals surface area contributed by atoms with Gasteiger partial charge in [-0.2, -0.15) is 11.8 Å². The zero-order valence-electron chi connectivity index (χ0n) is 8.92. The second-order valence-electron chi connectivity index (χ2n) is 3.26. The minimum Gasteiger partial charge on any atom is -0.468 e. The number of halogens is 1. The summed E-state index contributed by atoms with van der Waals surface area (Å²) in [5.41, 5.74) is 0. The number of ether oxygens (including phenoxy) is 1. The maximum Gasteiger partial charge on any atom is 0.315 e. The number of rotatable bonds is 8. The molecule has 0 spiro atoms. The number of thioether (sulfide) groups is 1. The fraction of sp³-hybridized carbons (Fsp3) is 0.900. The Morgan fingerprint density at radius 1 is 1.43 bits per heavy atom. The number of hydrogen-bond donors (Lipinski definition) is 0. The summed E-state index contributed by atoms with van der Waals surface area (Å²) in [7, 11) is 1.39. The average molecular weight is 222 g/mol. The van der Waals surface area contributed by atoms with Crippen LogP contribution in [0.5, 0.6) is 0 Å². The van der Waals surface area contributed by atoms with Crippen molar-refractivity contribution in [3.05, 3.63) is 0 Å². The highest BCUT2D eigenvalue weighted by Gasteiger charge is 2.00. The molecule has 4 heteroatoms. The van der Waals surface area contributed by atoms with Gasteiger partial charge in [0.05, 0.1) is 19.0 Å². The molecular formula is C10H19FO2S. The SMILES string of the molecule is COC(=O)CSCCCCCC(C)F. The normalized spacial score (nSPS) is 12.5. The van der Waals surface area contributed by atoms with Gasteiger partial charge in [0, 0.05) is 0 Å². The Morgan fingerprint density at radius 2 is 2.14 bits per heavy atom. The minimum atomic E-state index is -0.683. The molecule has 0 aliphatic heterocycles. The summed E-state index contributed by atoms with van der Waals surface area (Å²) in [6.45, 7) is 1.59. The maximum absolute atomic E-state index is 12.4. The van der Waals surface area contributed by atoms with Crippen LogP contribution in [-0.4, -0.2) is 30.8 Å². The largest absolute Gasteiger partial charge is 0.468 e. The molecule has 0 aromatic heterocycles. The van der Waals surface area contributed by atoms with Crippen LogP contribution in [0.15, 0.2) is 0 Å². The van der Waals surface area contributed by atoms with E-state index < -0.39 is 6.17 Å². The van der Waals surface area contributed by atoms with E-state index in [1.54, 1.807) is 18.7 Å². The first-order chi connectivity index (χ1) is 6.66. The second kappa shape index (κ2) is 9.31. The third kappa shape index (κ3) is 9.84. The van der Waals surface area contributed by atoms with Crippen molar-refractivity contribution in [1.29, 1.82) is 0 Å². The lowest BCUT2D eigenvalue weighted by Crippen LogP contribution is -2.03. The molecule has 84 valence electrons. The number of hydrogen-bond acceptors (Lipinski definition) is 3. The predicted octanol–water partition coefficient (Wildman–Crippen LogP) is 2.81. The topological polar surface area (TPSA) is 26.3 Å². The van der Waals surface area contributed by atoms with E-state index in [1.165, 1.54) is 7.11 Å². The summed E-state index contributed by atoms with van der Waals surface area (Å²) in [5, 5.41) is 0. The van der Waals surface area contributed by atoms with Crippen LogP contribution in [0.3, 0.4) is 0 Å². The number of esters is 1. The third-order valence-corrected chi connectivity index (χ3v) is 2.86. The quantitative estimate of drug-likeness (QED) is 0.466. The zero-order chi connectivity index (χ0) is 10.8. The molecule has 0 aliphatic rings. The molecule has 0 radical (unpaired) electrons. The standard InChI is InChI=1S/C10H19FO2S/c1-9(11)6-4-3-5-7-14-8-10(12)13-2/h9H,3-8H2,1-2H3. The Bertz CT molecular complexity index is 151. The molecule has 0 bridgehead atoms. The van der Waals surface area contributed by atoms with Crippen LogP contribution in [0.2, 0.25) is 0 Å². The van der Waals surface area contributed by atoms with E-state index in [0.29, 0.717) is 12.2 Å². The van der Waals surface area contributed by atoms with Crippen LogP contribution in [-0.2, 0) is 9.53 Å². The molecule has 0 saturated carbocycles. The molecule has 2 nitrogen and oxygen atoms in total. The monoisotopic (exact) mass is 222 g/mol. The second-order valence-corrected chi connectivity index (χ2v) is 4.36. The van der Waals surface area contributed by atoms with Gasteiger partial charge in [-0.3, -0.25) is 4.79 Å². The molecular weight excluding hydrogens is 203 g/mol. The van der Waals surface area contributed by atoms with Gasteiger partial charge in [0.25, 0.3) is 0 Å². The Balaban J connectivity index is 3.03. The van der Waals surface area contributed by atoms with Gasteiger partial charge in [-0.05, 0) is 25.5 Å². The van der Waals surface area contributed by atoms with Crippen LogP contribution in [0.25, 0.3) is 0 Å². The van der Waals surface area contributed by atoms with Gasteiger partial charge in [-0.1, -0.05) is 12.8 Å². The van der Waals surface area contributed by atoms with E-state index in [-0.39, 0.29) is 5.97 Å². The van der Waals surface area contributed by atoms with E-state index in [9.17, 15) is 9.18 Å². The molecule has 0 N–H and O–H groups in total. The van der Waals surface area contributed by atoms with Crippen molar-refractivity contribution in [2.75, 3.05) is 18.6 Å². The third-order valence-electron chi connectivity index (χ3n) is 1.84. The summed E-state index contributed by atoms with van der Waals surface area (Å²) >= 11 is 1.58. The molecule has 0 aliphatic carbocycles. The Labute approximate surface area is 89.6 Å². The Morgan fingerprint density at radius 3 is 2.71 bits per heavy atom. The van der Waals surface area contributed by atoms with Gasteiger partial charge in [-0.25, -0.2) is 4.39 Å². The van der Waals surface area contributed by atoms with Crippen LogP contribution >= 0.6 is 11.8 Å². The lowest BCUT2D eigenvalue weighted by molar-refractivity contribution is -0.137. The van der Waals surface area contributed by atoms with Crippen LogP contribution in [0, 0.1) is 0 Å². The van der Waals surface area contributed by atoms with Crippen molar-refractivity contribution in [1.82, 2.24) is 0 Å². The van der Waals surface area contributed by atoms with E-state index in [2.05, 4.69) is 4.74 Å².